The van der Waals surface area contributed by atoms with Crippen molar-refractivity contribution in [2.75, 3.05) is 33.3 Å². The van der Waals surface area contributed by atoms with Gasteiger partial charge in [-0.15, -0.1) is 11.3 Å². The van der Waals surface area contributed by atoms with Gasteiger partial charge >= 0.3 is 6.09 Å². The molecule has 0 aliphatic carbocycles. The molecule has 1 fully saturated rings. The standard InChI is InChI=1S/C28H37ClN4O3S/c1-4-19(5-2)15-22-16-21(20-9-7-6-8-10-20)11-13-33(22)26(34)23-17-30-12-14-32(28(35)36-3)18-24-25(23)37-27(29)31-24/h6-10,15,21-23,30H,4-5,11-14,16-18H2,1-3H3. The molecule has 4 rings (SSSR count). The second-order valence-electron chi connectivity index (χ2n) is 9.69. The fourth-order valence-electron chi connectivity index (χ4n) is 5.43. The number of fused-ring (bicyclic) bond motifs is 1. The maximum absolute atomic E-state index is 14.3. The second kappa shape index (κ2) is 12.9. The molecule has 1 saturated heterocycles. The molecule has 0 bridgehead atoms. The minimum absolute atomic E-state index is 0.0346. The van der Waals surface area contributed by atoms with E-state index in [-0.39, 0.29) is 18.5 Å². The Bertz CT molecular complexity index is 1100. The fraction of sp³-hybridized carbons (Fsp3) is 0.536. The number of hydrogen-bond donors (Lipinski definition) is 1. The van der Waals surface area contributed by atoms with E-state index < -0.39 is 12.0 Å². The number of nitrogens with one attached hydrogen (secondary N) is 1. The number of ether oxygens (including phenoxy) is 1. The molecule has 3 atom stereocenters. The highest BCUT2D eigenvalue weighted by Crippen LogP contribution is 2.37. The quantitative estimate of drug-likeness (QED) is 0.498. The van der Waals surface area contributed by atoms with Gasteiger partial charge in [-0.3, -0.25) is 4.79 Å². The van der Waals surface area contributed by atoms with E-state index in [0.29, 0.717) is 42.3 Å². The van der Waals surface area contributed by atoms with E-state index in [2.05, 4.69) is 65.5 Å². The molecule has 2 aromatic rings. The number of thiazole rings is 1. The third-order valence-electron chi connectivity index (χ3n) is 7.53. The molecule has 9 heteroatoms. The molecule has 2 amide bonds. The summed E-state index contributed by atoms with van der Waals surface area (Å²) in [6.45, 7) is 6.84. The molecular weight excluding hydrogens is 508 g/mol. The van der Waals surface area contributed by atoms with Gasteiger partial charge < -0.3 is 19.9 Å². The van der Waals surface area contributed by atoms with E-state index in [1.807, 2.05) is 0 Å². The zero-order valence-corrected chi connectivity index (χ0v) is 23.5. The summed E-state index contributed by atoms with van der Waals surface area (Å²) in [6, 6.07) is 10.7. The van der Waals surface area contributed by atoms with Crippen LogP contribution in [-0.2, 0) is 16.1 Å². The van der Waals surface area contributed by atoms with Crippen molar-refractivity contribution in [2.24, 2.45) is 0 Å². The van der Waals surface area contributed by atoms with Gasteiger partial charge in [0, 0.05) is 31.1 Å². The molecule has 7 nitrogen and oxygen atoms in total. The summed E-state index contributed by atoms with van der Waals surface area (Å²) >= 11 is 7.69. The van der Waals surface area contributed by atoms with Crippen LogP contribution in [0.2, 0.25) is 4.47 Å². The number of benzene rings is 1. The number of amides is 2. The van der Waals surface area contributed by atoms with E-state index in [1.165, 1.54) is 29.6 Å². The van der Waals surface area contributed by atoms with Crippen LogP contribution in [-0.4, -0.2) is 66.1 Å². The van der Waals surface area contributed by atoms with E-state index in [4.69, 9.17) is 16.3 Å². The first-order chi connectivity index (χ1) is 17.9. The van der Waals surface area contributed by atoms with Gasteiger partial charge in [0.05, 0.1) is 31.3 Å². The SMILES string of the molecule is CCC(=CC1CC(c2ccccc2)CCN1C(=O)C1CNCCN(C(=O)OC)Cc2nc(Cl)sc21)CC. The third kappa shape index (κ3) is 6.54. The Morgan fingerprint density at radius 2 is 1.97 bits per heavy atom. The Labute approximate surface area is 228 Å². The van der Waals surface area contributed by atoms with Crippen LogP contribution in [0.25, 0.3) is 0 Å². The molecule has 2 aliphatic heterocycles. The maximum Gasteiger partial charge on any atom is 0.409 e. The lowest BCUT2D eigenvalue weighted by Crippen LogP contribution is -2.48. The number of piperidine rings is 1. The highest BCUT2D eigenvalue weighted by molar-refractivity contribution is 7.16. The van der Waals surface area contributed by atoms with Crippen LogP contribution in [0.1, 0.15) is 67.5 Å². The minimum Gasteiger partial charge on any atom is -0.453 e. The molecule has 0 saturated carbocycles. The molecule has 0 spiro atoms. The molecule has 200 valence electrons. The van der Waals surface area contributed by atoms with E-state index in [0.717, 1.165) is 30.6 Å². The van der Waals surface area contributed by atoms with Crippen LogP contribution in [0, 0.1) is 0 Å². The van der Waals surface area contributed by atoms with Crippen molar-refractivity contribution in [1.29, 1.82) is 0 Å². The lowest BCUT2D eigenvalue weighted by Gasteiger charge is -2.40. The van der Waals surface area contributed by atoms with E-state index in [1.54, 1.807) is 4.90 Å². The van der Waals surface area contributed by atoms with Crippen LogP contribution in [0.3, 0.4) is 0 Å². The number of allylic oxidation sites excluding steroid dienone is 1. The summed E-state index contributed by atoms with van der Waals surface area (Å²) in [5, 5.41) is 3.39. The number of rotatable bonds is 5. The van der Waals surface area contributed by atoms with Crippen molar-refractivity contribution in [2.45, 2.75) is 64.0 Å². The number of hydrogen-bond acceptors (Lipinski definition) is 6. The maximum atomic E-state index is 14.3. The number of aromatic nitrogens is 1. The lowest BCUT2D eigenvalue weighted by molar-refractivity contribution is -0.135. The van der Waals surface area contributed by atoms with Crippen LogP contribution in [0.15, 0.2) is 42.0 Å². The summed E-state index contributed by atoms with van der Waals surface area (Å²) in [4.78, 5) is 35.6. The van der Waals surface area contributed by atoms with Gasteiger partial charge in [0.25, 0.3) is 0 Å². The Hall–Kier alpha value is -2.42. The van der Waals surface area contributed by atoms with E-state index >= 15 is 0 Å². The summed E-state index contributed by atoms with van der Waals surface area (Å²) in [5.41, 5.74) is 3.39. The Kier molecular flexibility index (Phi) is 9.62. The van der Waals surface area contributed by atoms with Crippen molar-refractivity contribution in [1.82, 2.24) is 20.1 Å². The van der Waals surface area contributed by atoms with Crippen LogP contribution in [0.5, 0.6) is 0 Å². The Morgan fingerprint density at radius 1 is 1.22 bits per heavy atom. The van der Waals surface area contributed by atoms with Crippen LogP contribution < -0.4 is 5.32 Å². The average Bonchev–Trinajstić information content (AvgIpc) is 3.32. The predicted octanol–water partition coefficient (Wildman–Crippen LogP) is 5.57. The van der Waals surface area contributed by atoms with Crippen molar-refractivity contribution in [3.05, 3.63) is 62.6 Å². The number of methoxy groups -OCH3 is 1. The Balaban J connectivity index is 1.64. The molecule has 3 unspecified atom stereocenters. The highest BCUT2D eigenvalue weighted by atomic mass is 35.5. The topological polar surface area (TPSA) is 74.8 Å². The summed E-state index contributed by atoms with van der Waals surface area (Å²) in [5.74, 6) is 0.107. The first-order valence-corrected chi connectivity index (χ1v) is 14.4. The molecular formula is C28H37ClN4O3S. The average molecular weight is 545 g/mol. The van der Waals surface area contributed by atoms with Crippen molar-refractivity contribution in [3.8, 4) is 0 Å². The van der Waals surface area contributed by atoms with Gasteiger partial charge in [-0.05, 0) is 37.2 Å². The lowest BCUT2D eigenvalue weighted by atomic mass is 9.83. The number of halogens is 1. The highest BCUT2D eigenvalue weighted by Gasteiger charge is 2.37. The van der Waals surface area contributed by atoms with Crippen LogP contribution in [0.4, 0.5) is 4.79 Å². The molecule has 1 aromatic heterocycles. The van der Waals surface area contributed by atoms with Crippen molar-refractivity contribution < 1.29 is 14.3 Å². The van der Waals surface area contributed by atoms with Gasteiger partial charge in [-0.2, -0.15) is 0 Å². The number of carbonyl (C=O) groups excluding carboxylic acids is 2. The zero-order valence-electron chi connectivity index (χ0n) is 21.9. The van der Waals surface area contributed by atoms with E-state index in [9.17, 15) is 9.59 Å². The summed E-state index contributed by atoms with van der Waals surface area (Å²) in [7, 11) is 1.37. The van der Waals surface area contributed by atoms with Gasteiger partial charge in [0.15, 0.2) is 4.47 Å². The minimum atomic E-state index is -0.415. The molecule has 3 heterocycles. The summed E-state index contributed by atoms with van der Waals surface area (Å²) < 4.78 is 5.34. The molecule has 2 aliphatic rings. The predicted molar refractivity (Wildman–Crippen MR) is 148 cm³/mol. The first kappa shape index (κ1) is 27.6. The molecule has 1 N–H and O–H groups in total. The molecule has 0 radical (unpaired) electrons. The van der Waals surface area contributed by atoms with Crippen LogP contribution >= 0.6 is 22.9 Å². The number of carbonyl (C=O) groups is 2. The monoisotopic (exact) mass is 544 g/mol. The molecule has 1 aromatic carbocycles. The molecule has 37 heavy (non-hydrogen) atoms. The van der Waals surface area contributed by atoms with Gasteiger partial charge in [0.2, 0.25) is 5.91 Å². The smallest absolute Gasteiger partial charge is 0.409 e. The second-order valence-corrected chi connectivity index (χ2v) is 11.3. The largest absolute Gasteiger partial charge is 0.453 e. The number of nitrogens with zero attached hydrogens (tertiary/aromatic N) is 3. The van der Waals surface area contributed by atoms with Crippen molar-refractivity contribution in [3.63, 3.8) is 0 Å². The van der Waals surface area contributed by atoms with Gasteiger partial charge in [0.1, 0.15) is 0 Å². The first-order valence-electron chi connectivity index (χ1n) is 13.2. The Morgan fingerprint density at radius 3 is 2.68 bits per heavy atom. The number of likely N-dealkylation sites (tertiary alicyclic amines) is 1. The van der Waals surface area contributed by atoms with Crippen molar-refractivity contribution >= 4 is 34.9 Å². The summed E-state index contributed by atoms with van der Waals surface area (Å²) in [6.07, 6.45) is 5.71. The van der Waals surface area contributed by atoms with Gasteiger partial charge in [-0.1, -0.05) is 67.4 Å². The van der Waals surface area contributed by atoms with Gasteiger partial charge in [-0.25, -0.2) is 9.78 Å². The fourth-order valence-corrected chi connectivity index (χ4v) is 6.67. The zero-order chi connectivity index (χ0) is 26.4. The third-order valence-corrected chi connectivity index (χ3v) is 8.85. The normalized spacial score (nSPS) is 22.3.